The van der Waals surface area contributed by atoms with E-state index in [0.29, 0.717) is 11.4 Å². The van der Waals surface area contributed by atoms with E-state index in [2.05, 4.69) is 5.32 Å². The Kier molecular flexibility index (Phi) is 5.98. The standard InChI is InChI=1S/C22H22N2O5S/c1-14-11-15(2)13-16(12-14)29-30(26,27)20-10-6-7-17(23)21(20)22(25)24-18-8-4-5-9-19(18)28-3/h4-13H,23H2,1-3H3,(H,24,25). The Morgan fingerprint density at radius 2 is 1.63 bits per heavy atom. The van der Waals surface area contributed by atoms with E-state index >= 15 is 0 Å². The third-order valence-corrected chi connectivity index (χ3v) is 5.60. The van der Waals surface area contributed by atoms with Crippen LogP contribution in [0.4, 0.5) is 11.4 Å². The second-order valence-electron chi connectivity index (χ2n) is 6.74. The molecule has 1 amide bonds. The zero-order chi connectivity index (χ0) is 21.9. The van der Waals surface area contributed by atoms with Crippen LogP contribution in [0.1, 0.15) is 21.5 Å². The highest BCUT2D eigenvalue weighted by atomic mass is 32.2. The monoisotopic (exact) mass is 426 g/mol. The molecule has 156 valence electrons. The van der Waals surface area contributed by atoms with Crippen molar-refractivity contribution in [1.29, 1.82) is 0 Å². The van der Waals surface area contributed by atoms with E-state index in [1.54, 1.807) is 36.4 Å². The molecule has 0 aliphatic rings. The minimum absolute atomic E-state index is 0.00694. The Bertz CT molecular complexity index is 1190. The van der Waals surface area contributed by atoms with Crippen LogP contribution in [0, 0.1) is 13.8 Å². The SMILES string of the molecule is COc1ccccc1NC(=O)c1c(N)cccc1S(=O)(=O)Oc1cc(C)cc(C)c1. The Hall–Kier alpha value is -3.52. The van der Waals surface area contributed by atoms with Crippen LogP contribution in [0.2, 0.25) is 0 Å². The van der Waals surface area contributed by atoms with Crippen molar-refractivity contribution in [2.45, 2.75) is 18.7 Å². The van der Waals surface area contributed by atoms with E-state index in [4.69, 9.17) is 14.7 Å². The van der Waals surface area contributed by atoms with E-state index < -0.39 is 16.0 Å². The lowest BCUT2D eigenvalue weighted by Crippen LogP contribution is -2.21. The van der Waals surface area contributed by atoms with Crippen LogP contribution in [0.25, 0.3) is 0 Å². The highest BCUT2D eigenvalue weighted by Crippen LogP contribution is 2.29. The van der Waals surface area contributed by atoms with Crippen LogP contribution in [-0.2, 0) is 10.1 Å². The summed E-state index contributed by atoms with van der Waals surface area (Å²) in [5.74, 6) is -0.109. The summed E-state index contributed by atoms with van der Waals surface area (Å²) in [6, 6.07) is 16.1. The van der Waals surface area contributed by atoms with Crippen LogP contribution >= 0.6 is 0 Å². The molecule has 3 aromatic carbocycles. The molecule has 0 radical (unpaired) electrons. The molecule has 3 rings (SSSR count). The van der Waals surface area contributed by atoms with Crippen LogP contribution in [0.5, 0.6) is 11.5 Å². The van der Waals surface area contributed by atoms with Crippen LogP contribution < -0.4 is 20.0 Å². The lowest BCUT2D eigenvalue weighted by Gasteiger charge is -2.15. The first-order chi connectivity index (χ1) is 14.2. The van der Waals surface area contributed by atoms with E-state index in [1.807, 2.05) is 19.9 Å². The Labute approximate surface area is 175 Å². The maximum absolute atomic E-state index is 13.0. The molecule has 30 heavy (non-hydrogen) atoms. The maximum atomic E-state index is 13.0. The van der Waals surface area contributed by atoms with Gasteiger partial charge in [-0.3, -0.25) is 4.79 Å². The smallest absolute Gasteiger partial charge is 0.340 e. The van der Waals surface area contributed by atoms with Gasteiger partial charge in [-0.25, -0.2) is 0 Å². The molecule has 0 unspecified atom stereocenters. The Balaban J connectivity index is 2.00. The lowest BCUT2D eigenvalue weighted by molar-refractivity contribution is 0.102. The number of nitrogens with one attached hydrogen (secondary N) is 1. The first-order valence-electron chi connectivity index (χ1n) is 9.07. The van der Waals surface area contributed by atoms with Crippen LogP contribution in [-0.4, -0.2) is 21.4 Å². The summed E-state index contributed by atoms with van der Waals surface area (Å²) in [6.07, 6.45) is 0. The normalized spacial score (nSPS) is 11.0. The van der Waals surface area contributed by atoms with Gasteiger partial charge in [0.2, 0.25) is 0 Å². The summed E-state index contributed by atoms with van der Waals surface area (Å²) in [4.78, 5) is 12.6. The summed E-state index contributed by atoms with van der Waals surface area (Å²) in [7, 11) is -2.86. The minimum atomic E-state index is -4.33. The summed E-state index contributed by atoms with van der Waals surface area (Å²) >= 11 is 0. The van der Waals surface area contributed by atoms with Crippen molar-refractivity contribution in [2.24, 2.45) is 0 Å². The molecule has 0 heterocycles. The van der Waals surface area contributed by atoms with Gasteiger partial charge in [-0.1, -0.05) is 24.3 Å². The van der Waals surface area contributed by atoms with Gasteiger partial charge in [-0.05, 0) is 61.4 Å². The fourth-order valence-corrected chi connectivity index (χ4v) is 4.23. The Morgan fingerprint density at radius 1 is 0.967 bits per heavy atom. The van der Waals surface area contributed by atoms with E-state index in [9.17, 15) is 13.2 Å². The fraction of sp³-hybridized carbons (Fsp3) is 0.136. The number of nitrogens with two attached hydrogens (primary N) is 1. The molecular formula is C22H22N2O5S. The lowest BCUT2D eigenvalue weighted by atomic mass is 10.1. The Morgan fingerprint density at radius 3 is 2.30 bits per heavy atom. The zero-order valence-corrected chi connectivity index (χ0v) is 17.6. The second kappa shape index (κ2) is 8.46. The molecule has 0 aliphatic heterocycles. The molecule has 0 fully saturated rings. The maximum Gasteiger partial charge on any atom is 0.340 e. The number of benzene rings is 3. The number of nitrogen functional groups attached to an aromatic ring is 1. The van der Waals surface area contributed by atoms with Gasteiger partial charge in [-0.2, -0.15) is 8.42 Å². The number of amides is 1. The summed E-state index contributed by atoms with van der Waals surface area (Å²) in [6.45, 7) is 3.66. The minimum Gasteiger partial charge on any atom is -0.495 e. The predicted molar refractivity (Wildman–Crippen MR) is 116 cm³/mol. The van der Waals surface area contributed by atoms with Crippen molar-refractivity contribution >= 4 is 27.4 Å². The molecule has 0 spiro atoms. The van der Waals surface area contributed by atoms with E-state index in [0.717, 1.165) is 11.1 Å². The topological polar surface area (TPSA) is 108 Å². The number of ether oxygens (including phenoxy) is 1. The molecule has 0 bridgehead atoms. The highest BCUT2D eigenvalue weighted by molar-refractivity contribution is 7.87. The summed E-state index contributed by atoms with van der Waals surface area (Å²) < 4.78 is 36.5. The number of carbonyl (C=O) groups excluding carboxylic acids is 1. The summed E-state index contributed by atoms with van der Waals surface area (Å²) in [5.41, 5.74) is 7.86. The average molecular weight is 426 g/mol. The van der Waals surface area contributed by atoms with Gasteiger partial charge in [0.15, 0.2) is 0 Å². The largest absolute Gasteiger partial charge is 0.495 e. The molecule has 0 aromatic heterocycles. The third-order valence-electron chi connectivity index (χ3n) is 4.31. The van der Waals surface area contributed by atoms with Crippen molar-refractivity contribution in [3.8, 4) is 11.5 Å². The third kappa shape index (κ3) is 4.55. The van der Waals surface area contributed by atoms with Crippen molar-refractivity contribution in [3.63, 3.8) is 0 Å². The van der Waals surface area contributed by atoms with Gasteiger partial charge in [0.25, 0.3) is 5.91 Å². The average Bonchev–Trinajstić information content (AvgIpc) is 2.67. The number of carbonyl (C=O) groups is 1. The number of methoxy groups -OCH3 is 1. The van der Waals surface area contributed by atoms with E-state index in [1.165, 1.54) is 25.3 Å². The van der Waals surface area contributed by atoms with Gasteiger partial charge in [0.05, 0.1) is 18.4 Å². The number of anilines is 2. The fourth-order valence-electron chi connectivity index (χ4n) is 3.08. The van der Waals surface area contributed by atoms with Gasteiger partial charge in [0, 0.05) is 5.69 Å². The van der Waals surface area contributed by atoms with Crippen molar-refractivity contribution in [3.05, 3.63) is 77.4 Å². The van der Waals surface area contributed by atoms with Crippen molar-refractivity contribution in [1.82, 2.24) is 0 Å². The van der Waals surface area contributed by atoms with Gasteiger partial charge < -0.3 is 20.0 Å². The molecule has 3 aromatic rings. The molecule has 0 saturated heterocycles. The number of aryl methyl sites for hydroxylation is 2. The van der Waals surface area contributed by atoms with Crippen molar-refractivity contribution in [2.75, 3.05) is 18.2 Å². The van der Waals surface area contributed by atoms with Gasteiger partial charge in [0.1, 0.15) is 16.4 Å². The molecule has 0 aliphatic carbocycles. The van der Waals surface area contributed by atoms with Gasteiger partial charge in [-0.15, -0.1) is 0 Å². The highest BCUT2D eigenvalue weighted by Gasteiger charge is 2.27. The molecule has 3 N–H and O–H groups in total. The van der Waals surface area contributed by atoms with Crippen LogP contribution in [0.3, 0.4) is 0 Å². The van der Waals surface area contributed by atoms with E-state index in [-0.39, 0.29) is 21.9 Å². The van der Waals surface area contributed by atoms with Crippen LogP contribution in [0.15, 0.2) is 65.6 Å². The quantitative estimate of drug-likeness (QED) is 0.457. The summed E-state index contributed by atoms with van der Waals surface area (Å²) in [5, 5.41) is 2.65. The molecule has 8 heteroatoms. The number of rotatable bonds is 6. The molecule has 7 nitrogen and oxygen atoms in total. The second-order valence-corrected chi connectivity index (χ2v) is 8.25. The van der Waals surface area contributed by atoms with Gasteiger partial charge >= 0.3 is 10.1 Å². The first kappa shape index (κ1) is 21.2. The zero-order valence-electron chi connectivity index (χ0n) is 16.8. The number of hydrogen-bond acceptors (Lipinski definition) is 6. The molecule has 0 saturated carbocycles. The predicted octanol–water partition coefficient (Wildman–Crippen LogP) is 3.91. The molecular weight excluding hydrogens is 404 g/mol. The number of para-hydroxylation sites is 2. The first-order valence-corrected chi connectivity index (χ1v) is 10.5. The molecule has 0 atom stereocenters. The number of hydrogen-bond donors (Lipinski definition) is 2. The van der Waals surface area contributed by atoms with Crippen molar-refractivity contribution < 1.29 is 22.1 Å².